The van der Waals surface area contributed by atoms with Gasteiger partial charge in [0.2, 0.25) is 0 Å². The van der Waals surface area contributed by atoms with E-state index in [2.05, 4.69) is 13.8 Å². The third-order valence-electron chi connectivity index (χ3n) is 7.58. The first-order valence-electron chi connectivity index (χ1n) is 16.5. The fraction of sp³-hybridized carbons (Fsp3) is 0.939. The number of carboxylic acid groups (broad SMARTS) is 1. The summed E-state index contributed by atoms with van der Waals surface area (Å²) >= 11 is 0. The molecule has 0 spiro atoms. The molecule has 0 heterocycles. The number of hydrogen-bond acceptors (Lipinski definition) is 3. The summed E-state index contributed by atoms with van der Waals surface area (Å²) in [4.78, 5) is 23.0. The largest absolute Gasteiger partial charge is 0.481 e. The average Bonchev–Trinajstić information content (AvgIpc) is 2.88. The topological polar surface area (TPSA) is 63.6 Å². The van der Waals surface area contributed by atoms with E-state index in [0.29, 0.717) is 19.3 Å². The number of unbranched alkanes of at least 4 members (excludes halogenated alkanes) is 21. The highest BCUT2D eigenvalue weighted by atomic mass is 16.5. The van der Waals surface area contributed by atoms with Gasteiger partial charge in [-0.25, -0.2) is 0 Å². The number of carbonyl (C=O) groups is 2. The van der Waals surface area contributed by atoms with Crippen molar-refractivity contribution in [2.24, 2.45) is 0 Å². The summed E-state index contributed by atoms with van der Waals surface area (Å²) in [5, 5.41) is 8.77. The first-order valence-corrected chi connectivity index (χ1v) is 16.5. The van der Waals surface area contributed by atoms with Crippen LogP contribution in [0.3, 0.4) is 0 Å². The predicted octanol–water partition coefficient (Wildman–Crippen LogP) is 10.9. The monoisotopic (exact) mass is 524 g/mol. The SMILES string of the molecule is CCCCCCCCCCCCCC(CCCCCCCCCCCCC)OC(=O)CCCCC(=O)O. The summed E-state index contributed by atoms with van der Waals surface area (Å²) in [6.45, 7) is 4.54. The minimum absolute atomic E-state index is 0.0455. The van der Waals surface area contributed by atoms with Crippen molar-refractivity contribution in [2.45, 2.75) is 200 Å². The third kappa shape index (κ3) is 29.4. The van der Waals surface area contributed by atoms with Gasteiger partial charge in [0.05, 0.1) is 0 Å². The van der Waals surface area contributed by atoms with E-state index in [1.165, 1.54) is 128 Å². The van der Waals surface area contributed by atoms with Gasteiger partial charge in [-0.05, 0) is 38.5 Å². The minimum Gasteiger partial charge on any atom is -0.481 e. The smallest absolute Gasteiger partial charge is 0.306 e. The molecule has 0 rings (SSSR count). The van der Waals surface area contributed by atoms with E-state index in [1.54, 1.807) is 0 Å². The van der Waals surface area contributed by atoms with E-state index in [0.717, 1.165) is 25.7 Å². The Morgan fingerprint density at radius 3 is 1.16 bits per heavy atom. The van der Waals surface area contributed by atoms with Crippen LogP contribution in [0.15, 0.2) is 0 Å². The van der Waals surface area contributed by atoms with E-state index < -0.39 is 5.97 Å². The number of ether oxygens (including phenoxy) is 1. The Labute approximate surface area is 231 Å². The second-order valence-electron chi connectivity index (χ2n) is 11.4. The van der Waals surface area contributed by atoms with Crippen molar-refractivity contribution in [1.29, 1.82) is 0 Å². The maximum absolute atomic E-state index is 12.3. The van der Waals surface area contributed by atoms with Crippen molar-refractivity contribution >= 4 is 11.9 Å². The zero-order valence-corrected chi connectivity index (χ0v) is 25.0. The fourth-order valence-electron chi connectivity index (χ4n) is 5.13. The van der Waals surface area contributed by atoms with Crippen LogP contribution in [0.4, 0.5) is 0 Å². The molecule has 0 aromatic carbocycles. The van der Waals surface area contributed by atoms with Crippen molar-refractivity contribution in [3.8, 4) is 0 Å². The second kappa shape index (κ2) is 29.5. The summed E-state index contributed by atoms with van der Waals surface area (Å²) in [7, 11) is 0. The fourth-order valence-corrected chi connectivity index (χ4v) is 5.13. The molecular weight excluding hydrogens is 460 g/mol. The molecule has 0 aliphatic rings. The van der Waals surface area contributed by atoms with Crippen LogP contribution in [-0.4, -0.2) is 23.1 Å². The van der Waals surface area contributed by atoms with Gasteiger partial charge in [0.1, 0.15) is 6.10 Å². The molecule has 0 radical (unpaired) electrons. The molecule has 1 N–H and O–H groups in total. The highest BCUT2D eigenvalue weighted by molar-refractivity contribution is 5.70. The van der Waals surface area contributed by atoms with Crippen LogP contribution < -0.4 is 0 Å². The minimum atomic E-state index is -0.792. The Balaban J connectivity index is 4.01. The van der Waals surface area contributed by atoms with Gasteiger partial charge in [-0.1, -0.05) is 142 Å². The molecule has 4 heteroatoms. The van der Waals surface area contributed by atoms with E-state index in [9.17, 15) is 9.59 Å². The molecule has 220 valence electrons. The van der Waals surface area contributed by atoms with Crippen molar-refractivity contribution in [2.75, 3.05) is 0 Å². The molecule has 0 amide bonds. The lowest BCUT2D eigenvalue weighted by Gasteiger charge is -2.18. The number of hydrogen-bond donors (Lipinski definition) is 1. The highest BCUT2D eigenvalue weighted by Gasteiger charge is 2.14. The molecule has 37 heavy (non-hydrogen) atoms. The number of carboxylic acids is 1. The predicted molar refractivity (Wildman–Crippen MR) is 158 cm³/mol. The van der Waals surface area contributed by atoms with Crippen LogP contribution in [0.2, 0.25) is 0 Å². The Kier molecular flexibility index (Phi) is 28.7. The van der Waals surface area contributed by atoms with Gasteiger partial charge in [-0.2, -0.15) is 0 Å². The van der Waals surface area contributed by atoms with Crippen LogP contribution in [0, 0.1) is 0 Å². The zero-order chi connectivity index (χ0) is 27.2. The summed E-state index contributed by atoms with van der Waals surface area (Å²) in [5.41, 5.74) is 0. The molecule has 0 saturated heterocycles. The van der Waals surface area contributed by atoms with Crippen molar-refractivity contribution in [3.63, 3.8) is 0 Å². The van der Waals surface area contributed by atoms with E-state index in [1.807, 2.05) is 0 Å². The molecule has 0 aromatic rings. The zero-order valence-electron chi connectivity index (χ0n) is 25.0. The molecule has 0 aliphatic heterocycles. The second-order valence-corrected chi connectivity index (χ2v) is 11.4. The molecule has 0 saturated carbocycles. The van der Waals surface area contributed by atoms with Crippen LogP contribution in [0.25, 0.3) is 0 Å². The lowest BCUT2D eigenvalue weighted by molar-refractivity contribution is -0.150. The van der Waals surface area contributed by atoms with Crippen molar-refractivity contribution < 1.29 is 19.4 Å². The van der Waals surface area contributed by atoms with Crippen molar-refractivity contribution in [3.05, 3.63) is 0 Å². The summed E-state index contributed by atoms with van der Waals surface area (Å²) in [6.07, 6.45) is 32.9. The Hall–Kier alpha value is -1.06. The van der Waals surface area contributed by atoms with Crippen molar-refractivity contribution in [1.82, 2.24) is 0 Å². The molecule has 0 unspecified atom stereocenters. The first-order chi connectivity index (χ1) is 18.1. The van der Waals surface area contributed by atoms with Gasteiger partial charge >= 0.3 is 11.9 Å². The molecule has 0 aliphatic carbocycles. The average molecular weight is 525 g/mol. The lowest BCUT2D eigenvalue weighted by Crippen LogP contribution is -2.18. The Morgan fingerprint density at radius 2 is 0.811 bits per heavy atom. The standard InChI is InChI=1S/C33H64O4/c1-3-5-7-9-11-13-15-17-19-21-23-27-31(37-33(36)30-26-25-29-32(34)35)28-24-22-20-18-16-14-12-10-8-6-4-2/h31H,3-30H2,1-2H3,(H,34,35). The van der Waals surface area contributed by atoms with Gasteiger partial charge in [0.25, 0.3) is 0 Å². The maximum atomic E-state index is 12.3. The Bertz CT molecular complexity index is 465. The number of esters is 1. The van der Waals surface area contributed by atoms with E-state index in [4.69, 9.17) is 9.84 Å². The molecule has 0 atom stereocenters. The molecular formula is C33H64O4. The molecule has 4 nitrogen and oxygen atoms in total. The van der Waals surface area contributed by atoms with Gasteiger partial charge < -0.3 is 9.84 Å². The molecule has 0 bridgehead atoms. The van der Waals surface area contributed by atoms with Crippen LogP contribution >= 0.6 is 0 Å². The molecule has 0 aromatic heterocycles. The lowest BCUT2D eigenvalue weighted by atomic mass is 10.0. The summed E-state index contributed by atoms with van der Waals surface area (Å²) in [5.74, 6) is -0.930. The van der Waals surface area contributed by atoms with Gasteiger partial charge in [0.15, 0.2) is 0 Å². The number of rotatable bonds is 30. The van der Waals surface area contributed by atoms with Crippen LogP contribution in [-0.2, 0) is 14.3 Å². The summed E-state index contributed by atoms with van der Waals surface area (Å²) < 4.78 is 5.85. The molecule has 0 fully saturated rings. The Morgan fingerprint density at radius 1 is 0.486 bits per heavy atom. The van der Waals surface area contributed by atoms with Gasteiger partial charge in [-0.15, -0.1) is 0 Å². The van der Waals surface area contributed by atoms with Crippen LogP contribution in [0.1, 0.15) is 194 Å². The summed E-state index contributed by atoms with van der Waals surface area (Å²) in [6, 6.07) is 0. The van der Waals surface area contributed by atoms with Gasteiger partial charge in [-0.3, -0.25) is 9.59 Å². The third-order valence-corrected chi connectivity index (χ3v) is 7.58. The normalized spacial score (nSPS) is 11.3. The number of carbonyl (C=O) groups excluding carboxylic acids is 1. The quantitative estimate of drug-likeness (QED) is 0.0749. The number of aliphatic carboxylic acids is 1. The van der Waals surface area contributed by atoms with E-state index in [-0.39, 0.29) is 18.5 Å². The maximum Gasteiger partial charge on any atom is 0.306 e. The van der Waals surface area contributed by atoms with Crippen LogP contribution in [0.5, 0.6) is 0 Å². The van der Waals surface area contributed by atoms with Gasteiger partial charge in [0, 0.05) is 12.8 Å². The first kappa shape index (κ1) is 35.9. The van der Waals surface area contributed by atoms with E-state index >= 15 is 0 Å². The highest BCUT2D eigenvalue weighted by Crippen LogP contribution is 2.19.